The van der Waals surface area contributed by atoms with E-state index in [1.807, 2.05) is 6.20 Å². The molecule has 0 bridgehead atoms. The molecule has 0 unspecified atom stereocenters. The van der Waals surface area contributed by atoms with E-state index in [2.05, 4.69) is 42.9 Å². The van der Waals surface area contributed by atoms with E-state index in [1.165, 1.54) is 22.3 Å². The second kappa shape index (κ2) is 4.00. The molecule has 0 aliphatic heterocycles. The van der Waals surface area contributed by atoms with Crippen molar-refractivity contribution >= 4 is 0 Å². The maximum atomic E-state index is 5.05. The summed E-state index contributed by atoms with van der Waals surface area (Å²) in [5.74, 6) is 0. The summed E-state index contributed by atoms with van der Waals surface area (Å²) in [6.45, 7) is 6.34. The molecule has 0 amide bonds. The minimum Gasteiger partial charge on any atom is -0.468 e. The number of nitrogens with zero attached hydrogens (tertiary/aromatic N) is 1. The Labute approximate surface area is 95.5 Å². The van der Waals surface area contributed by atoms with E-state index in [9.17, 15) is 0 Å². The fraction of sp³-hybridized carbons (Fsp3) is 0.308. The molecular formula is C13H16N2O. The third-order valence-electron chi connectivity index (χ3n) is 2.69. The predicted molar refractivity (Wildman–Crippen MR) is 64.8 cm³/mol. The van der Waals surface area contributed by atoms with E-state index in [1.54, 1.807) is 7.11 Å². The third kappa shape index (κ3) is 1.81. The molecule has 3 heteroatoms. The molecule has 0 aliphatic rings. The van der Waals surface area contributed by atoms with Crippen LogP contribution < -0.4 is 4.74 Å². The van der Waals surface area contributed by atoms with Crippen LogP contribution in [0, 0.1) is 20.8 Å². The van der Waals surface area contributed by atoms with Crippen LogP contribution in [0.4, 0.5) is 0 Å². The minimum absolute atomic E-state index is 0.550. The van der Waals surface area contributed by atoms with Gasteiger partial charge in [-0.15, -0.1) is 0 Å². The summed E-state index contributed by atoms with van der Waals surface area (Å²) in [7, 11) is 1.61. The molecule has 0 spiro atoms. The Hall–Kier alpha value is -1.77. The van der Waals surface area contributed by atoms with Crippen LogP contribution >= 0.6 is 0 Å². The summed E-state index contributed by atoms with van der Waals surface area (Å²) in [4.78, 5) is 7.28. The highest BCUT2D eigenvalue weighted by Gasteiger charge is 2.09. The van der Waals surface area contributed by atoms with Crippen molar-refractivity contribution in [3.63, 3.8) is 0 Å². The van der Waals surface area contributed by atoms with Gasteiger partial charge in [-0.3, -0.25) is 0 Å². The van der Waals surface area contributed by atoms with Gasteiger partial charge >= 0.3 is 0 Å². The van der Waals surface area contributed by atoms with Crippen LogP contribution in [0.5, 0.6) is 6.01 Å². The van der Waals surface area contributed by atoms with Gasteiger partial charge in [-0.25, -0.2) is 4.98 Å². The maximum Gasteiger partial charge on any atom is 0.293 e. The molecule has 1 N–H and O–H groups in total. The molecule has 2 aromatic rings. The highest BCUT2D eigenvalue weighted by Crippen LogP contribution is 2.27. The molecule has 0 atom stereocenters. The molecule has 84 valence electrons. The fourth-order valence-corrected chi connectivity index (χ4v) is 2.14. The van der Waals surface area contributed by atoms with Gasteiger partial charge in [0, 0.05) is 5.56 Å². The van der Waals surface area contributed by atoms with Gasteiger partial charge in [-0.05, 0) is 31.9 Å². The van der Waals surface area contributed by atoms with Gasteiger partial charge < -0.3 is 9.72 Å². The lowest BCUT2D eigenvalue weighted by atomic mass is 9.98. The summed E-state index contributed by atoms with van der Waals surface area (Å²) in [5, 5.41) is 0. The average Bonchev–Trinajstić information content (AvgIpc) is 2.64. The van der Waals surface area contributed by atoms with Gasteiger partial charge in [0.1, 0.15) is 0 Å². The first-order valence-corrected chi connectivity index (χ1v) is 5.29. The Bertz CT molecular complexity index is 491. The number of nitrogens with one attached hydrogen (secondary N) is 1. The molecule has 0 radical (unpaired) electrons. The number of rotatable bonds is 2. The molecule has 0 fully saturated rings. The van der Waals surface area contributed by atoms with E-state index in [4.69, 9.17) is 4.74 Å². The predicted octanol–water partition coefficient (Wildman–Crippen LogP) is 3.01. The average molecular weight is 216 g/mol. The zero-order valence-electron chi connectivity index (χ0n) is 10.1. The zero-order valence-corrected chi connectivity index (χ0v) is 10.1. The van der Waals surface area contributed by atoms with E-state index < -0.39 is 0 Å². The second-order valence-electron chi connectivity index (χ2n) is 4.08. The minimum atomic E-state index is 0.550. The number of H-pyrrole nitrogens is 1. The Kier molecular flexibility index (Phi) is 2.69. The van der Waals surface area contributed by atoms with Gasteiger partial charge in [0.2, 0.25) is 0 Å². The van der Waals surface area contributed by atoms with Crippen molar-refractivity contribution in [3.8, 4) is 17.3 Å². The van der Waals surface area contributed by atoms with Crippen LogP contribution in [-0.4, -0.2) is 17.1 Å². The first-order chi connectivity index (χ1) is 7.61. The highest BCUT2D eigenvalue weighted by molar-refractivity contribution is 5.68. The van der Waals surface area contributed by atoms with E-state index in [0.717, 1.165) is 5.69 Å². The van der Waals surface area contributed by atoms with Crippen LogP contribution in [0.25, 0.3) is 11.3 Å². The van der Waals surface area contributed by atoms with Crippen LogP contribution in [0.1, 0.15) is 16.7 Å². The zero-order chi connectivity index (χ0) is 11.7. The quantitative estimate of drug-likeness (QED) is 0.838. The summed E-state index contributed by atoms with van der Waals surface area (Å²) < 4.78 is 5.05. The highest BCUT2D eigenvalue weighted by atomic mass is 16.5. The van der Waals surface area contributed by atoms with Crippen molar-refractivity contribution in [2.75, 3.05) is 7.11 Å². The lowest BCUT2D eigenvalue weighted by molar-refractivity contribution is 0.384. The number of aromatic amines is 1. The van der Waals surface area contributed by atoms with Gasteiger partial charge in [0.25, 0.3) is 6.01 Å². The van der Waals surface area contributed by atoms with Crippen LogP contribution in [0.2, 0.25) is 0 Å². The van der Waals surface area contributed by atoms with Crippen molar-refractivity contribution in [3.05, 3.63) is 35.0 Å². The Balaban J connectivity index is 2.55. The van der Waals surface area contributed by atoms with Gasteiger partial charge in [-0.1, -0.05) is 17.7 Å². The molecular weight excluding hydrogens is 200 g/mol. The number of imidazole rings is 1. The smallest absolute Gasteiger partial charge is 0.293 e. The fourth-order valence-electron chi connectivity index (χ4n) is 2.14. The molecule has 1 aromatic heterocycles. The molecule has 0 aliphatic carbocycles. The van der Waals surface area contributed by atoms with E-state index >= 15 is 0 Å². The van der Waals surface area contributed by atoms with Crippen molar-refractivity contribution in [2.24, 2.45) is 0 Å². The van der Waals surface area contributed by atoms with Crippen molar-refractivity contribution in [2.45, 2.75) is 20.8 Å². The second-order valence-corrected chi connectivity index (χ2v) is 4.08. The van der Waals surface area contributed by atoms with Crippen LogP contribution in [0.3, 0.4) is 0 Å². The number of aromatic nitrogens is 2. The van der Waals surface area contributed by atoms with Crippen molar-refractivity contribution in [1.82, 2.24) is 9.97 Å². The number of ether oxygens (including phenoxy) is 1. The number of benzene rings is 1. The van der Waals surface area contributed by atoms with Gasteiger partial charge in [-0.2, -0.15) is 0 Å². The lowest BCUT2D eigenvalue weighted by Gasteiger charge is -2.09. The summed E-state index contributed by atoms with van der Waals surface area (Å²) in [5.41, 5.74) is 6.01. The normalized spacial score (nSPS) is 10.5. The van der Waals surface area contributed by atoms with Crippen LogP contribution in [-0.2, 0) is 0 Å². The van der Waals surface area contributed by atoms with Crippen molar-refractivity contribution < 1.29 is 4.74 Å². The maximum absolute atomic E-state index is 5.05. The molecule has 1 heterocycles. The van der Waals surface area contributed by atoms with E-state index in [0.29, 0.717) is 6.01 Å². The number of aryl methyl sites for hydroxylation is 3. The number of hydrogen-bond donors (Lipinski definition) is 1. The molecule has 1 aromatic carbocycles. The Morgan fingerprint density at radius 3 is 2.25 bits per heavy atom. The number of hydrogen-bond acceptors (Lipinski definition) is 2. The standard InChI is InChI=1S/C13H16N2O/c1-8-5-9(2)12(10(3)6-8)11-7-14-13(15-11)16-4/h5-7H,1-4H3,(H,14,15). The van der Waals surface area contributed by atoms with Gasteiger partial charge in [0.15, 0.2) is 0 Å². The largest absolute Gasteiger partial charge is 0.468 e. The third-order valence-corrected chi connectivity index (χ3v) is 2.69. The van der Waals surface area contributed by atoms with Gasteiger partial charge in [0.05, 0.1) is 19.0 Å². The molecule has 16 heavy (non-hydrogen) atoms. The summed E-state index contributed by atoms with van der Waals surface area (Å²) in [6.07, 6.45) is 1.81. The lowest BCUT2D eigenvalue weighted by Crippen LogP contribution is -1.90. The first kappa shape index (κ1) is 10.7. The Morgan fingerprint density at radius 1 is 1.12 bits per heavy atom. The topological polar surface area (TPSA) is 37.9 Å². The molecule has 2 rings (SSSR count). The number of methoxy groups -OCH3 is 1. The van der Waals surface area contributed by atoms with Crippen LogP contribution in [0.15, 0.2) is 18.3 Å². The summed E-state index contributed by atoms with van der Waals surface area (Å²) in [6, 6.07) is 4.90. The molecule has 0 saturated carbocycles. The monoisotopic (exact) mass is 216 g/mol. The Morgan fingerprint density at radius 2 is 1.75 bits per heavy atom. The summed E-state index contributed by atoms with van der Waals surface area (Å²) >= 11 is 0. The molecule has 0 saturated heterocycles. The SMILES string of the molecule is COc1ncc(-c2c(C)cc(C)cc2C)[nH]1. The van der Waals surface area contributed by atoms with E-state index in [-0.39, 0.29) is 0 Å². The molecule has 3 nitrogen and oxygen atoms in total. The van der Waals surface area contributed by atoms with Crippen molar-refractivity contribution in [1.29, 1.82) is 0 Å². The first-order valence-electron chi connectivity index (χ1n) is 5.29.